The van der Waals surface area contributed by atoms with E-state index in [0.29, 0.717) is 0 Å². The Morgan fingerprint density at radius 1 is 0.941 bits per heavy atom. The van der Waals surface area contributed by atoms with E-state index in [2.05, 4.69) is 17.4 Å². The highest BCUT2D eigenvalue weighted by atomic mass is 16.5. The van der Waals surface area contributed by atoms with Crippen molar-refractivity contribution in [3.05, 3.63) is 89.0 Å². The van der Waals surface area contributed by atoms with Crippen LogP contribution in [0.3, 0.4) is 0 Å². The number of carbonyl (C=O) groups excluding carboxylic acids is 1. The van der Waals surface area contributed by atoms with Crippen LogP contribution >= 0.6 is 0 Å². The van der Waals surface area contributed by atoms with Crippen molar-refractivity contribution in [1.82, 2.24) is 5.32 Å². The fourth-order valence-electron chi connectivity index (χ4n) is 4.36. The molecule has 176 valence electrons. The lowest BCUT2D eigenvalue weighted by molar-refractivity contribution is 0.0140. The van der Waals surface area contributed by atoms with Crippen molar-refractivity contribution in [2.45, 2.75) is 24.5 Å². The van der Waals surface area contributed by atoms with E-state index >= 15 is 0 Å². The normalized spacial score (nSPS) is 14.1. The first-order valence-electron chi connectivity index (χ1n) is 10.9. The molecular formula is C26H26N2O6. The van der Waals surface area contributed by atoms with E-state index in [1.165, 1.54) is 18.2 Å². The number of aromatic carboxylic acids is 1. The van der Waals surface area contributed by atoms with Gasteiger partial charge in [0.15, 0.2) is 0 Å². The Morgan fingerprint density at radius 3 is 2.18 bits per heavy atom. The minimum absolute atomic E-state index is 0.0160. The summed E-state index contributed by atoms with van der Waals surface area (Å²) in [5.41, 5.74) is 10.2. The van der Waals surface area contributed by atoms with Crippen molar-refractivity contribution in [3.8, 4) is 11.1 Å². The molecule has 34 heavy (non-hydrogen) atoms. The highest BCUT2D eigenvalue weighted by Crippen LogP contribution is 2.44. The quantitative estimate of drug-likeness (QED) is 0.323. The summed E-state index contributed by atoms with van der Waals surface area (Å²) in [6, 6.07) is 20.3. The smallest absolute Gasteiger partial charge is 0.407 e. The van der Waals surface area contributed by atoms with Crippen LogP contribution in [0.2, 0.25) is 0 Å². The van der Waals surface area contributed by atoms with Crippen LogP contribution in [0.5, 0.6) is 0 Å². The minimum Gasteiger partial charge on any atom is -0.478 e. The number of anilines is 1. The van der Waals surface area contributed by atoms with Crippen LogP contribution < -0.4 is 11.1 Å². The van der Waals surface area contributed by atoms with Gasteiger partial charge in [-0.15, -0.1) is 0 Å². The summed E-state index contributed by atoms with van der Waals surface area (Å²) in [6.07, 6.45) is -3.28. The van der Waals surface area contributed by atoms with Crippen LogP contribution in [-0.4, -0.2) is 46.6 Å². The molecule has 0 aromatic heterocycles. The molecule has 2 atom stereocenters. The lowest BCUT2D eigenvalue weighted by atomic mass is 9.97. The van der Waals surface area contributed by atoms with Gasteiger partial charge in [0.1, 0.15) is 12.7 Å². The maximum Gasteiger partial charge on any atom is 0.407 e. The fraction of sp³-hybridized carbons (Fsp3) is 0.231. The molecule has 0 aliphatic heterocycles. The second-order valence-electron chi connectivity index (χ2n) is 8.17. The zero-order valence-electron chi connectivity index (χ0n) is 18.3. The molecule has 4 rings (SSSR count). The summed E-state index contributed by atoms with van der Waals surface area (Å²) in [6.45, 7) is 0.219. The average Bonchev–Trinajstić information content (AvgIpc) is 3.16. The Kier molecular flexibility index (Phi) is 6.81. The SMILES string of the molecule is Nc1c(C(=O)O)cccc1C(O)C(O)CCNC(=O)OCC1c2ccccc2-c2ccccc21. The number of benzene rings is 3. The molecule has 0 radical (unpaired) electrons. The molecule has 0 heterocycles. The molecule has 3 aromatic carbocycles. The molecule has 8 nitrogen and oxygen atoms in total. The molecule has 8 heteroatoms. The number of aliphatic hydroxyl groups excluding tert-OH is 2. The molecule has 2 unspecified atom stereocenters. The summed E-state index contributed by atoms with van der Waals surface area (Å²) in [4.78, 5) is 23.5. The topological polar surface area (TPSA) is 142 Å². The molecule has 1 aliphatic rings. The molecule has 0 bridgehead atoms. The molecule has 0 fully saturated rings. The Labute approximate surface area is 196 Å². The third-order valence-electron chi connectivity index (χ3n) is 6.11. The van der Waals surface area contributed by atoms with Crippen LogP contribution in [0.4, 0.5) is 10.5 Å². The number of nitrogen functional groups attached to an aromatic ring is 1. The number of hydrogen-bond donors (Lipinski definition) is 5. The van der Waals surface area contributed by atoms with Crippen LogP contribution in [0, 0.1) is 0 Å². The summed E-state index contributed by atoms with van der Waals surface area (Å²) < 4.78 is 5.45. The average molecular weight is 463 g/mol. The van der Waals surface area contributed by atoms with E-state index in [1.807, 2.05) is 36.4 Å². The number of nitrogens with one attached hydrogen (secondary N) is 1. The molecule has 3 aromatic rings. The third kappa shape index (κ3) is 4.59. The first-order valence-corrected chi connectivity index (χ1v) is 10.9. The molecule has 1 amide bonds. The second-order valence-corrected chi connectivity index (χ2v) is 8.17. The van der Waals surface area contributed by atoms with Gasteiger partial charge in [-0.3, -0.25) is 0 Å². The number of aliphatic hydroxyl groups is 2. The van der Waals surface area contributed by atoms with Gasteiger partial charge in [-0.25, -0.2) is 9.59 Å². The number of fused-ring (bicyclic) bond motifs is 3. The van der Waals surface area contributed by atoms with Gasteiger partial charge in [-0.05, 0) is 34.7 Å². The number of nitrogens with two attached hydrogens (primary N) is 1. The number of carboxylic acids is 1. The van der Waals surface area contributed by atoms with Gasteiger partial charge in [0.05, 0.1) is 17.4 Å². The number of ether oxygens (including phenoxy) is 1. The van der Waals surface area contributed by atoms with Crippen LogP contribution in [0.25, 0.3) is 11.1 Å². The molecule has 1 aliphatic carbocycles. The van der Waals surface area contributed by atoms with E-state index < -0.39 is 24.3 Å². The predicted octanol–water partition coefficient (Wildman–Crippen LogP) is 3.29. The third-order valence-corrected chi connectivity index (χ3v) is 6.11. The monoisotopic (exact) mass is 462 g/mol. The molecule has 6 N–H and O–H groups in total. The van der Waals surface area contributed by atoms with Crippen molar-refractivity contribution in [2.75, 3.05) is 18.9 Å². The van der Waals surface area contributed by atoms with Gasteiger partial charge >= 0.3 is 12.1 Å². The lowest BCUT2D eigenvalue weighted by Gasteiger charge is -2.20. The van der Waals surface area contributed by atoms with Gasteiger partial charge in [0.25, 0.3) is 0 Å². The van der Waals surface area contributed by atoms with Crippen molar-refractivity contribution >= 4 is 17.7 Å². The first-order chi connectivity index (χ1) is 16.4. The predicted molar refractivity (Wildman–Crippen MR) is 126 cm³/mol. The number of carbonyl (C=O) groups is 2. The van der Waals surface area contributed by atoms with Crippen molar-refractivity contribution in [2.24, 2.45) is 0 Å². The second kappa shape index (κ2) is 9.94. The van der Waals surface area contributed by atoms with E-state index in [9.17, 15) is 19.8 Å². The molecule has 0 saturated heterocycles. The maximum absolute atomic E-state index is 12.3. The van der Waals surface area contributed by atoms with Gasteiger partial charge in [-0.2, -0.15) is 0 Å². The largest absolute Gasteiger partial charge is 0.478 e. The Bertz CT molecular complexity index is 1170. The summed E-state index contributed by atoms with van der Waals surface area (Å²) in [5.74, 6) is -1.28. The van der Waals surface area contributed by atoms with E-state index in [1.54, 1.807) is 0 Å². The van der Waals surface area contributed by atoms with Gasteiger partial charge in [0.2, 0.25) is 0 Å². The van der Waals surface area contributed by atoms with Crippen molar-refractivity contribution in [3.63, 3.8) is 0 Å². The summed E-state index contributed by atoms with van der Waals surface area (Å²) in [7, 11) is 0. The fourth-order valence-corrected chi connectivity index (χ4v) is 4.36. The summed E-state index contributed by atoms with van der Waals surface area (Å²) >= 11 is 0. The van der Waals surface area contributed by atoms with E-state index in [0.717, 1.165) is 22.3 Å². The number of hydrogen-bond acceptors (Lipinski definition) is 6. The lowest BCUT2D eigenvalue weighted by Crippen LogP contribution is -2.31. The first kappa shape index (κ1) is 23.3. The number of para-hydroxylation sites is 1. The zero-order chi connectivity index (χ0) is 24.2. The summed E-state index contributed by atoms with van der Waals surface area (Å²) in [5, 5.41) is 32.5. The molecule has 0 saturated carbocycles. The molecule has 0 spiro atoms. The van der Waals surface area contributed by atoms with E-state index in [4.69, 9.17) is 15.6 Å². The van der Waals surface area contributed by atoms with Crippen molar-refractivity contribution < 1.29 is 29.6 Å². The van der Waals surface area contributed by atoms with Crippen LogP contribution in [0.1, 0.15) is 45.5 Å². The maximum atomic E-state index is 12.3. The standard InChI is InChI=1S/C26H26N2O6/c27-23-19(10-5-11-20(23)25(31)32)24(30)22(29)12-13-28-26(33)34-14-21-17-8-3-1-6-15(17)16-7-2-4-9-18(16)21/h1-11,21-22,24,29-30H,12-14,27H2,(H,28,33)(H,31,32). The Morgan fingerprint density at radius 2 is 1.56 bits per heavy atom. The van der Waals surface area contributed by atoms with Crippen LogP contribution in [0.15, 0.2) is 66.7 Å². The highest BCUT2D eigenvalue weighted by molar-refractivity contribution is 5.94. The van der Waals surface area contributed by atoms with Crippen molar-refractivity contribution in [1.29, 1.82) is 0 Å². The number of carboxylic acid groups (broad SMARTS) is 1. The molecular weight excluding hydrogens is 436 g/mol. The number of alkyl carbamates (subject to hydrolysis) is 1. The number of rotatable bonds is 8. The van der Waals surface area contributed by atoms with Gasteiger partial charge in [0, 0.05) is 18.0 Å². The zero-order valence-corrected chi connectivity index (χ0v) is 18.3. The van der Waals surface area contributed by atoms with Gasteiger partial charge < -0.3 is 31.1 Å². The van der Waals surface area contributed by atoms with E-state index in [-0.39, 0.29) is 42.3 Å². The Hall–Kier alpha value is -3.88. The Balaban J connectivity index is 1.30. The minimum atomic E-state index is -1.40. The number of amides is 1. The van der Waals surface area contributed by atoms with Crippen LogP contribution in [-0.2, 0) is 4.74 Å². The highest BCUT2D eigenvalue weighted by Gasteiger charge is 2.29. The van der Waals surface area contributed by atoms with Gasteiger partial charge in [-0.1, -0.05) is 60.7 Å².